The summed E-state index contributed by atoms with van der Waals surface area (Å²) in [6, 6.07) is 3.81. The molecule has 0 saturated carbocycles. The van der Waals surface area contributed by atoms with Crippen molar-refractivity contribution in [1.29, 1.82) is 0 Å². The number of aromatic nitrogens is 3. The fourth-order valence-corrected chi connectivity index (χ4v) is 1.58. The predicted molar refractivity (Wildman–Crippen MR) is 61.4 cm³/mol. The van der Waals surface area contributed by atoms with E-state index in [9.17, 15) is 0 Å². The fraction of sp³-hybridized carbons (Fsp3) is 0.455. The number of rotatable bonds is 3. The molecule has 0 atom stereocenters. The summed E-state index contributed by atoms with van der Waals surface area (Å²) >= 11 is 0. The molecule has 0 fully saturated rings. The van der Waals surface area contributed by atoms with Gasteiger partial charge < -0.3 is 5.73 Å². The van der Waals surface area contributed by atoms with E-state index in [0.717, 1.165) is 24.1 Å². The van der Waals surface area contributed by atoms with Gasteiger partial charge in [-0.3, -0.25) is 4.57 Å². The fourth-order valence-electron chi connectivity index (χ4n) is 1.58. The molecule has 0 radical (unpaired) electrons. The van der Waals surface area contributed by atoms with Crippen LogP contribution in [-0.4, -0.2) is 14.5 Å². The predicted octanol–water partition coefficient (Wildman–Crippen LogP) is 2.06. The first-order chi connectivity index (χ1) is 7.18. The van der Waals surface area contributed by atoms with Gasteiger partial charge >= 0.3 is 0 Å². The molecule has 4 heteroatoms. The highest BCUT2D eigenvalue weighted by Crippen LogP contribution is 2.16. The van der Waals surface area contributed by atoms with Crippen LogP contribution in [0, 0.1) is 5.92 Å². The van der Waals surface area contributed by atoms with Crippen molar-refractivity contribution in [2.24, 2.45) is 5.92 Å². The zero-order chi connectivity index (χ0) is 10.8. The van der Waals surface area contributed by atoms with E-state index in [1.807, 2.05) is 16.7 Å². The van der Waals surface area contributed by atoms with E-state index >= 15 is 0 Å². The number of nitrogen functional groups attached to an aromatic ring is 1. The maximum absolute atomic E-state index is 5.85. The van der Waals surface area contributed by atoms with Gasteiger partial charge in [0.2, 0.25) is 5.95 Å². The topological polar surface area (TPSA) is 56.7 Å². The van der Waals surface area contributed by atoms with Crippen LogP contribution in [0.5, 0.6) is 0 Å². The summed E-state index contributed by atoms with van der Waals surface area (Å²) in [6.07, 6.45) is 2.86. The molecular weight excluding hydrogens is 188 g/mol. The number of aryl methyl sites for hydroxylation is 1. The van der Waals surface area contributed by atoms with Gasteiger partial charge in [-0.25, -0.2) is 9.97 Å². The minimum absolute atomic E-state index is 0.560. The minimum Gasteiger partial charge on any atom is -0.369 e. The average Bonchev–Trinajstić information content (AvgIpc) is 2.50. The molecule has 0 unspecified atom stereocenters. The van der Waals surface area contributed by atoms with Gasteiger partial charge in [-0.2, -0.15) is 0 Å². The Kier molecular flexibility index (Phi) is 2.58. The summed E-state index contributed by atoms with van der Waals surface area (Å²) < 4.78 is 1.98. The van der Waals surface area contributed by atoms with Crippen molar-refractivity contribution in [2.45, 2.75) is 26.8 Å². The van der Waals surface area contributed by atoms with Crippen LogP contribution in [0.4, 0.5) is 5.95 Å². The summed E-state index contributed by atoms with van der Waals surface area (Å²) in [5.74, 6) is 1.22. The second-order valence-electron chi connectivity index (χ2n) is 4.15. The Morgan fingerprint density at radius 1 is 1.47 bits per heavy atom. The molecular formula is C11H16N4. The van der Waals surface area contributed by atoms with Crippen LogP contribution >= 0.6 is 0 Å². The van der Waals surface area contributed by atoms with E-state index in [1.165, 1.54) is 0 Å². The first-order valence-corrected chi connectivity index (χ1v) is 5.25. The van der Waals surface area contributed by atoms with Gasteiger partial charge in [0, 0.05) is 12.7 Å². The van der Waals surface area contributed by atoms with Crippen molar-refractivity contribution >= 4 is 17.1 Å². The van der Waals surface area contributed by atoms with E-state index < -0.39 is 0 Å². The first kappa shape index (κ1) is 9.96. The second-order valence-corrected chi connectivity index (χ2v) is 4.15. The van der Waals surface area contributed by atoms with Crippen LogP contribution in [0.1, 0.15) is 20.3 Å². The van der Waals surface area contributed by atoms with E-state index in [1.54, 1.807) is 6.20 Å². The molecule has 2 aromatic heterocycles. The summed E-state index contributed by atoms with van der Waals surface area (Å²) in [5.41, 5.74) is 7.61. The van der Waals surface area contributed by atoms with E-state index in [-0.39, 0.29) is 0 Å². The molecule has 0 aliphatic carbocycles. The molecule has 2 rings (SSSR count). The zero-order valence-corrected chi connectivity index (χ0v) is 9.14. The highest BCUT2D eigenvalue weighted by atomic mass is 15.2. The van der Waals surface area contributed by atoms with Crippen LogP contribution in [-0.2, 0) is 6.54 Å². The highest BCUT2D eigenvalue weighted by molar-refractivity contribution is 5.73. The lowest BCUT2D eigenvalue weighted by atomic mass is 10.1. The first-order valence-electron chi connectivity index (χ1n) is 5.25. The molecule has 0 amide bonds. The quantitative estimate of drug-likeness (QED) is 0.832. The Morgan fingerprint density at radius 3 is 3.00 bits per heavy atom. The SMILES string of the molecule is CC(C)CCn1c(N)nc2cccnc21. The Hall–Kier alpha value is -1.58. The zero-order valence-electron chi connectivity index (χ0n) is 9.14. The molecule has 4 nitrogen and oxygen atoms in total. The molecule has 80 valence electrons. The van der Waals surface area contributed by atoms with Crippen LogP contribution in [0.25, 0.3) is 11.2 Å². The highest BCUT2D eigenvalue weighted by Gasteiger charge is 2.08. The summed E-state index contributed by atoms with van der Waals surface area (Å²) in [5, 5.41) is 0. The lowest BCUT2D eigenvalue weighted by Gasteiger charge is -2.07. The van der Waals surface area contributed by atoms with Gasteiger partial charge in [0.05, 0.1) is 0 Å². The summed E-state index contributed by atoms with van der Waals surface area (Å²) in [4.78, 5) is 8.57. The van der Waals surface area contributed by atoms with Gasteiger partial charge in [-0.15, -0.1) is 0 Å². The van der Waals surface area contributed by atoms with Gasteiger partial charge in [0.15, 0.2) is 5.65 Å². The lowest BCUT2D eigenvalue weighted by molar-refractivity contribution is 0.525. The second kappa shape index (κ2) is 3.88. The van der Waals surface area contributed by atoms with Crippen LogP contribution < -0.4 is 5.73 Å². The molecule has 2 heterocycles. The Morgan fingerprint density at radius 2 is 2.27 bits per heavy atom. The van der Waals surface area contributed by atoms with Crippen molar-refractivity contribution < 1.29 is 0 Å². The van der Waals surface area contributed by atoms with Crippen molar-refractivity contribution in [1.82, 2.24) is 14.5 Å². The summed E-state index contributed by atoms with van der Waals surface area (Å²) in [6.45, 7) is 5.28. The number of nitrogens with zero attached hydrogens (tertiary/aromatic N) is 3. The number of fused-ring (bicyclic) bond motifs is 1. The van der Waals surface area contributed by atoms with E-state index in [0.29, 0.717) is 11.9 Å². The molecule has 0 bridgehead atoms. The minimum atomic E-state index is 0.560. The third-order valence-corrected chi connectivity index (χ3v) is 2.46. The molecule has 0 aromatic carbocycles. The van der Waals surface area contributed by atoms with Crippen molar-refractivity contribution in [3.63, 3.8) is 0 Å². The van der Waals surface area contributed by atoms with E-state index in [4.69, 9.17) is 5.73 Å². The Labute approximate surface area is 89.1 Å². The van der Waals surface area contributed by atoms with Gasteiger partial charge in [-0.1, -0.05) is 13.8 Å². The van der Waals surface area contributed by atoms with Gasteiger partial charge in [0.25, 0.3) is 0 Å². The number of imidazole rings is 1. The Balaban J connectivity index is 2.36. The third kappa shape index (κ3) is 1.93. The van der Waals surface area contributed by atoms with Gasteiger partial charge in [0.1, 0.15) is 5.52 Å². The normalized spacial score (nSPS) is 11.4. The van der Waals surface area contributed by atoms with Crippen molar-refractivity contribution in [3.05, 3.63) is 18.3 Å². The van der Waals surface area contributed by atoms with Crippen LogP contribution in [0.15, 0.2) is 18.3 Å². The number of nitrogens with two attached hydrogens (primary N) is 1. The van der Waals surface area contributed by atoms with Crippen LogP contribution in [0.3, 0.4) is 0 Å². The van der Waals surface area contributed by atoms with Gasteiger partial charge in [-0.05, 0) is 24.5 Å². The number of hydrogen-bond donors (Lipinski definition) is 1. The third-order valence-electron chi connectivity index (χ3n) is 2.46. The number of hydrogen-bond acceptors (Lipinski definition) is 3. The number of pyridine rings is 1. The molecule has 0 spiro atoms. The maximum atomic E-state index is 5.85. The number of anilines is 1. The molecule has 0 aliphatic heterocycles. The van der Waals surface area contributed by atoms with E-state index in [2.05, 4.69) is 23.8 Å². The lowest BCUT2D eigenvalue weighted by Crippen LogP contribution is -2.06. The molecule has 2 aromatic rings. The average molecular weight is 204 g/mol. The maximum Gasteiger partial charge on any atom is 0.202 e. The molecule has 0 aliphatic rings. The van der Waals surface area contributed by atoms with Crippen molar-refractivity contribution in [3.8, 4) is 0 Å². The monoisotopic (exact) mass is 204 g/mol. The standard InChI is InChI=1S/C11H16N4/c1-8(2)5-7-15-10-9(14-11(15)12)4-3-6-13-10/h3-4,6,8H,5,7H2,1-2H3,(H2,12,14). The smallest absolute Gasteiger partial charge is 0.202 e. The molecule has 0 saturated heterocycles. The largest absolute Gasteiger partial charge is 0.369 e. The molecule has 15 heavy (non-hydrogen) atoms. The Bertz CT molecular complexity index is 459. The molecule has 2 N–H and O–H groups in total. The van der Waals surface area contributed by atoms with Crippen LogP contribution in [0.2, 0.25) is 0 Å². The van der Waals surface area contributed by atoms with Crippen molar-refractivity contribution in [2.75, 3.05) is 5.73 Å². The summed E-state index contributed by atoms with van der Waals surface area (Å²) in [7, 11) is 0.